The van der Waals surface area contributed by atoms with E-state index in [1.54, 1.807) is 6.92 Å². The second kappa shape index (κ2) is 6.14. The molecule has 0 saturated carbocycles. The molecule has 0 atom stereocenters. The van der Waals surface area contributed by atoms with Crippen molar-refractivity contribution in [1.82, 2.24) is 5.32 Å². The maximum atomic E-state index is 11.2. The van der Waals surface area contributed by atoms with Crippen LogP contribution in [0.4, 0.5) is 0 Å². The molecule has 100 valence electrons. The Bertz CT molecular complexity index is 390. The molecule has 0 spiro atoms. The van der Waals surface area contributed by atoms with Crippen LogP contribution in [0.2, 0.25) is 0 Å². The molecule has 0 bridgehead atoms. The van der Waals surface area contributed by atoms with Crippen molar-refractivity contribution >= 4 is 5.78 Å². The van der Waals surface area contributed by atoms with E-state index in [0.717, 1.165) is 18.5 Å². The largest absolute Gasteiger partial charge is 0.311 e. The Balaban J connectivity index is 2.63. The van der Waals surface area contributed by atoms with Crippen molar-refractivity contribution in [3.05, 3.63) is 35.4 Å². The summed E-state index contributed by atoms with van der Waals surface area (Å²) in [5.41, 5.74) is 2.13. The van der Waals surface area contributed by atoms with Crippen molar-refractivity contribution in [2.24, 2.45) is 5.92 Å². The Morgan fingerprint density at radius 2 is 1.78 bits per heavy atom. The molecule has 18 heavy (non-hydrogen) atoms. The fourth-order valence-corrected chi connectivity index (χ4v) is 1.91. The third-order valence-corrected chi connectivity index (χ3v) is 3.00. The average molecular weight is 247 g/mol. The van der Waals surface area contributed by atoms with E-state index in [1.807, 2.05) is 12.1 Å². The van der Waals surface area contributed by atoms with Gasteiger partial charge >= 0.3 is 0 Å². The molecule has 0 unspecified atom stereocenters. The summed E-state index contributed by atoms with van der Waals surface area (Å²) >= 11 is 0. The molecular formula is C16H25NO. The van der Waals surface area contributed by atoms with Gasteiger partial charge in [-0.25, -0.2) is 0 Å². The van der Waals surface area contributed by atoms with Gasteiger partial charge in [-0.1, -0.05) is 38.1 Å². The van der Waals surface area contributed by atoms with Gasteiger partial charge in [0.25, 0.3) is 0 Å². The standard InChI is InChI=1S/C16H25NO/c1-12(2)11-17-16(4,5)10-14-6-8-15(9-7-14)13(3)18/h6-9,12,17H,10-11H2,1-5H3. The highest BCUT2D eigenvalue weighted by Crippen LogP contribution is 2.14. The summed E-state index contributed by atoms with van der Waals surface area (Å²) < 4.78 is 0. The molecule has 0 heterocycles. The van der Waals surface area contributed by atoms with Crippen LogP contribution in [0.25, 0.3) is 0 Å². The van der Waals surface area contributed by atoms with Gasteiger partial charge in [-0.05, 0) is 45.2 Å². The molecule has 1 rings (SSSR count). The van der Waals surface area contributed by atoms with Crippen molar-refractivity contribution in [2.75, 3.05) is 6.54 Å². The molecule has 0 aromatic heterocycles. The molecule has 0 aliphatic heterocycles. The molecule has 1 aromatic rings. The van der Waals surface area contributed by atoms with E-state index in [1.165, 1.54) is 5.56 Å². The number of ketones is 1. The minimum Gasteiger partial charge on any atom is -0.311 e. The van der Waals surface area contributed by atoms with Crippen LogP contribution in [0.1, 0.15) is 50.5 Å². The number of benzene rings is 1. The van der Waals surface area contributed by atoms with E-state index in [4.69, 9.17) is 0 Å². The monoisotopic (exact) mass is 247 g/mol. The molecular weight excluding hydrogens is 222 g/mol. The number of hydrogen-bond acceptors (Lipinski definition) is 2. The lowest BCUT2D eigenvalue weighted by Gasteiger charge is -2.27. The second-order valence-corrected chi connectivity index (χ2v) is 6.09. The smallest absolute Gasteiger partial charge is 0.159 e. The van der Waals surface area contributed by atoms with Gasteiger partial charge < -0.3 is 5.32 Å². The summed E-state index contributed by atoms with van der Waals surface area (Å²) in [6.45, 7) is 11.5. The highest BCUT2D eigenvalue weighted by Gasteiger charge is 2.17. The summed E-state index contributed by atoms with van der Waals surface area (Å²) in [7, 11) is 0. The Morgan fingerprint density at radius 1 is 1.22 bits per heavy atom. The molecule has 0 amide bonds. The van der Waals surface area contributed by atoms with Crippen LogP contribution in [0, 0.1) is 5.92 Å². The summed E-state index contributed by atoms with van der Waals surface area (Å²) in [6.07, 6.45) is 0.970. The third-order valence-electron chi connectivity index (χ3n) is 3.00. The van der Waals surface area contributed by atoms with Crippen molar-refractivity contribution in [3.63, 3.8) is 0 Å². The van der Waals surface area contributed by atoms with Gasteiger partial charge in [-0.3, -0.25) is 4.79 Å². The molecule has 0 fully saturated rings. The zero-order valence-corrected chi connectivity index (χ0v) is 12.2. The highest BCUT2D eigenvalue weighted by molar-refractivity contribution is 5.93. The van der Waals surface area contributed by atoms with Crippen LogP contribution in [0.3, 0.4) is 0 Å². The van der Waals surface area contributed by atoms with Gasteiger partial charge in [0.2, 0.25) is 0 Å². The van der Waals surface area contributed by atoms with Crippen molar-refractivity contribution in [3.8, 4) is 0 Å². The highest BCUT2D eigenvalue weighted by atomic mass is 16.1. The van der Waals surface area contributed by atoms with Crippen molar-refractivity contribution in [1.29, 1.82) is 0 Å². The van der Waals surface area contributed by atoms with Crippen LogP contribution in [0.5, 0.6) is 0 Å². The van der Waals surface area contributed by atoms with Gasteiger partial charge in [-0.15, -0.1) is 0 Å². The van der Waals surface area contributed by atoms with E-state index >= 15 is 0 Å². The summed E-state index contributed by atoms with van der Waals surface area (Å²) in [5.74, 6) is 0.781. The normalized spacial score (nSPS) is 11.9. The van der Waals surface area contributed by atoms with Gasteiger partial charge in [0.15, 0.2) is 5.78 Å². The van der Waals surface area contributed by atoms with Crippen LogP contribution in [0.15, 0.2) is 24.3 Å². The molecule has 1 N–H and O–H groups in total. The lowest BCUT2D eigenvalue weighted by molar-refractivity contribution is 0.101. The first-order chi connectivity index (χ1) is 8.30. The average Bonchev–Trinajstić information content (AvgIpc) is 2.27. The van der Waals surface area contributed by atoms with E-state index in [9.17, 15) is 4.79 Å². The summed E-state index contributed by atoms with van der Waals surface area (Å²) in [6, 6.07) is 7.93. The maximum Gasteiger partial charge on any atom is 0.159 e. The number of rotatable bonds is 6. The second-order valence-electron chi connectivity index (χ2n) is 6.09. The number of carbonyl (C=O) groups excluding carboxylic acids is 1. The Labute approximate surface area is 111 Å². The lowest BCUT2D eigenvalue weighted by Crippen LogP contribution is -2.43. The third kappa shape index (κ3) is 5.01. The van der Waals surface area contributed by atoms with Crippen LogP contribution >= 0.6 is 0 Å². The predicted octanol–water partition coefficient (Wildman–Crippen LogP) is 3.46. The number of hydrogen-bond donors (Lipinski definition) is 1. The summed E-state index contributed by atoms with van der Waals surface area (Å²) in [5, 5.41) is 3.58. The number of carbonyl (C=O) groups is 1. The number of nitrogens with one attached hydrogen (secondary N) is 1. The molecule has 2 nitrogen and oxygen atoms in total. The quantitative estimate of drug-likeness (QED) is 0.780. The van der Waals surface area contributed by atoms with Crippen molar-refractivity contribution < 1.29 is 4.79 Å². The van der Waals surface area contributed by atoms with E-state index in [-0.39, 0.29) is 11.3 Å². The Hall–Kier alpha value is -1.15. The molecule has 0 aliphatic rings. The van der Waals surface area contributed by atoms with Gasteiger partial charge in [0, 0.05) is 11.1 Å². The number of Topliss-reactive ketones (excluding diaryl/α,β-unsaturated/α-hetero) is 1. The molecule has 0 radical (unpaired) electrons. The van der Waals surface area contributed by atoms with Gasteiger partial charge in [0.05, 0.1) is 0 Å². The SMILES string of the molecule is CC(=O)c1ccc(CC(C)(C)NCC(C)C)cc1. The maximum absolute atomic E-state index is 11.2. The first-order valence-electron chi connectivity index (χ1n) is 6.65. The minimum atomic E-state index is 0.0853. The van der Waals surface area contributed by atoms with Crippen molar-refractivity contribution in [2.45, 2.75) is 46.6 Å². The lowest BCUT2D eigenvalue weighted by atomic mass is 9.93. The van der Waals surface area contributed by atoms with E-state index in [0.29, 0.717) is 5.92 Å². The minimum absolute atomic E-state index is 0.0853. The van der Waals surface area contributed by atoms with E-state index < -0.39 is 0 Å². The zero-order chi connectivity index (χ0) is 13.8. The molecule has 1 aromatic carbocycles. The topological polar surface area (TPSA) is 29.1 Å². The summed E-state index contributed by atoms with van der Waals surface area (Å²) in [4.78, 5) is 11.2. The fourth-order valence-electron chi connectivity index (χ4n) is 1.91. The van der Waals surface area contributed by atoms with Crippen LogP contribution < -0.4 is 5.32 Å². The zero-order valence-electron chi connectivity index (χ0n) is 12.2. The molecule has 0 aliphatic carbocycles. The first kappa shape index (κ1) is 14.9. The Morgan fingerprint density at radius 3 is 2.22 bits per heavy atom. The molecule has 2 heteroatoms. The Kier molecular flexibility index (Phi) is 5.09. The predicted molar refractivity (Wildman–Crippen MR) is 77.1 cm³/mol. The molecule has 0 saturated heterocycles. The fraction of sp³-hybridized carbons (Fsp3) is 0.562. The van der Waals surface area contributed by atoms with Crippen LogP contribution in [-0.4, -0.2) is 17.9 Å². The van der Waals surface area contributed by atoms with Crippen LogP contribution in [-0.2, 0) is 6.42 Å². The van der Waals surface area contributed by atoms with E-state index in [2.05, 4.69) is 45.1 Å². The van der Waals surface area contributed by atoms with Gasteiger partial charge in [-0.2, -0.15) is 0 Å². The van der Waals surface area contributed by atoms with Gasteiger partial charge in [0.1, 0.15) is 0 Å². The first-order valence-corrected chi connectivity index (χ1v) is 6.65.